The molecule has 0 amide bonds. The van der Waals surface area contributed by atoms with Gasteiger partial charge < -0.3 is 10.3 Å². The average Bonchev–Trinajstić information content (AvgIpc) is 2.79. The van der Waals surface area contributed by atoms with Crippen molar-refractivity contribution < 1.29 is 0 Å². The molecule has 0 bridgehead atoms. The minimum Gasteiger partial charge on any atom is -0.364 e. The Labute approximate surface area is 98.3 Å². The zero-order valence-corrected chi connectivity index (χ0v) is 9.62. The second-order valence-corrected chi connectivity index (χ2v) is 3.63. The predicted octanol–water partition coefficient (Wildman–Crippen LogP) is 2.03. The van der Waals surface area contributed by atoms with Crippen LogP contribution in [0.2, 0.25) is 5.15 Å². The van der Waals surface area contributed by atoms with Crippen molar-refractivity contribution in [2.75, 3.05) is 5.32 Å². The van der Waals surface area contributed by atoms with E-state index in [1.165, 1.54) is 6.33 Å². The van der Waals surface area contributed by atoms with Crippen LogP contribution in [0.3, 0.4) is 0 Å². The lowest BCUT2D eigenvalue weighted by atomic mass is 10.2. The summed E-state index contributed by atoms with van der Waals surface area (Å²) in [6.07, 6.45) is 5.66. The highest BCUT2D eigenvalue weighted by atomic mass is 35.5. The Balaban J connectivity index is 2.12. The van der Waals surface area contributed by atoms with Gasteiger partial charge in [0.1, 0.15) is 17.3 Å². The molecule has 84 valence electrons. The Kier molecular flexibility index (Phi) is 3.36. The van der Waals surface area contributed by atoms with Crippen molar-refractivity contribution in [1.29, 1.82) is 0 Å². The summed E-state index contributed by atoms with van der Waals surface area (Å²) in [6, 6.07) is 0. The van der Waals surface area contributed by atoms with Gasteiger partial charge in [0, 0.05) is 11.8 Å². The smallest absolute Gasteiger partial charge is 0.137 e. The number of nitrogens with zero attached hydrogens (tertiary/aromatic N) is 3. The molecule has 5 nitrogen and oxygen atoms in total. The van der Waals surface area contributed by atoms with Gasteiger partial charge in [0.2, 0.25) is 0 Å². The topological polar surface area (TPSA) is 66.5 Å². The quantitative estimate of drug-likeness (QED) is 0.799. The zero-order chi connectivity index (χ0) is 11.4. The van der Waals surface area contributed by atoms with Gasteiger partial charge >= 0.3 is 0 Å². The molecule has 0 aliphatic carbocycles. The largest absolute Gasteiger partial charge is 0.364 e. The molecule has 2 aromatic rings. The van der Waals surface area contributed by atoms with Crippen LogP contribution in [0.5, 0.6) is 0 Å². The van der Waals surface area contributed by atoms with E-state index in [2.05, 4.69) is 25.3 Å². The molecule has 2 rings (SSSR count). The van der Waals surface area contributed by atoms with Crippen LogP contribution in [0.15, 0.2) is 18.9 Å². The molecule has 0 aliphatic heterocycles. The molecule has 0 aliphatic rings. The monoisotopic (exact) mass is 237 g/mol. The predicted molar refractivity (Wildman–Crippen MR) is 62.3 cm³/mol. The van der Waals surface area contributed by atoms with Crippen molar-refractivity contribution in [3.8, 4) is 0 Å². The van der Waals surface area contributed by atoms with Gasteiger partial charge in [-0.1, -0.05) is 18.5 Å². The van der Waals surface area contributed by atoms with Gasteiger partial charge in [0.25, 0.3) is 0 Å². The van der Waals surface area contributed by atoms with E-state index >= 15 is 0 Å². The highest BCUT2D eigenvalue weighted by Crippen LogP contribution is 2.20. The molecule has 2 N–H and O–H groups in total. The molecule has 2 heterocycles. The molecule has 0 saturated heterocycles. The van der Waals surface area contributed by atoms with Crippen molar-refractivity contribution in [2.45, 2.75) is 19.9 Å². The first-order chi connectivity index (χ1) is 7.81. The zero-order valence-electron chi connectivity index (χ0n) is 8.87. The van der Waals surface area contributed by atoms with E-state index in [0.717, 1.165) is 23.5 Å². The van der Waals surface area contributed by atoms with Crippen LogP contribution in [0.25, 0.3) is 0 Å². The van der Waals surface area contributed by atoms with Crippen molar-refractivity contribution in [2.24, 2.45) is 0 Å². The Morgan fingerprint density at radius 3 is 3.00 bits per heavy atom. The molecule has 2 aromatic heterocycles. The number of aromatic nitrogens is 4. The lowest BCUT2D eigenvalue weighted by Gasteiger charge is -2.09. The number of anilines is 1. The molecule has 0 saturated carbocycles. The standard InChI is InChI=1S/C10H12ClN5/c1-2-8-9(11)15-6-16-10(8)13-4-7-3-12-5-14-7/h3,5-6H,2,4H2,1H3,(H,12,14)(H,13,15,16). The number of hydrogen-bond acceptors (Lipinski definition) is 4. The average molecular weight is 238 g/mol. The Morgan fingerprint density at radius 2 is 2.31 bits per heavy atom. The second kappa shape index (κ2) is 4.94. The number of H-pyrrole nitrogens is 1. The fourth-order valence-electron chi connectivity index (χ4n) is 1.42. The summed E-state index contributed by atoms with van der Waals surface area (Å²) in [4.78, 5) is 15.1. The van der Waals surface area contributed by atoms with Gasteiger partial charge in [-0.05, 0) is 6.42 Å². The maximum absolute atomic E-state index is 5.98. The normalized spacial score (nSPS) is 10.4. The van der Waals surface area contributed by atoms with Gasteiger partial charge in [0.05, 0.1) is 18.6 Å². The first-order valence-corrected chi connectivity index (χ1v) is 5.39. The van der Waals surface area contributed by atoms with Crippen LogP contribution in [-0.2, 0) is 13.0 Å². The van der Waals surface area contributed by atoms with E-state index in [-0.39, 0.29) is 0 Å². The molecular formula is C10H12ClN5. The Hall–Kier alpha value is -1.62. The third-order valence-electron chi connectivity index (χ3n) is 2.25. The number of hydrogen-bond donors (Lipinski definition) is 2. The van der Waals surface area contributed by atoms with E-state index in [1.807, 2.05) is 6.92 Å². The summed E-state index contributed by atoms with van der Waals surface area (Å²) in [7, 11) is 0. The van der Waals surface area contributed by atoms with E-state index in [1.54, 1.807) is 12.5 Å². The summed E-state index contributed by atoms with van der Waals surface area (Å²) in [6.45, 7) is 2.66. The lowest BCUT2D eigenvalue weighted by molar-refractivity contribution is 0.995. The number of halogens is 1. The van der Waals surface area contributed by atoms with Gasteiger partial charge in [-0.3, -0.25) is 0 Å². The molecule has 16 heavy (non-hydrogen) atoms. The molecule has 0 atom stereocenters. The molecule has 0 radical (unpaired) electrons. The van der Waals surface area contributed by atoms with Gasteiger partial charge in [0.15, 0.2) is 0 Å². The lowest BCUT2D eigenvalue weighted by Crippen LogP contribution is -2.05. The van der Waals surface area contributed by atoms with Crippen LogP contribution in [-0.4, -0.2) is 19.9 Å². The highest BCUT2D eigenvalue weighted by molar-refractivity contribution is 6.30. The van der Waals surface area contributed by atoms with E-state index in [0.29, 0.717) is 11.7 Å². The number of rotatable bonds is 4. The molecule has 0 aromatic carbocycles. The number of imidazole rings is 1. The Bertz CT molecular complexity index is 454. The summed E-state index contributed by atoms with van der Waals surface area (Å²) < 4.78 is 0. The minimum absolute atomic E-state index is 0.504. The Morgan fingerprint density at radius 1 is 1.44 bits per heavy atom. The van der Waals surface area contributed by atoms with Gasteiger partial charge in [-0.2, -0.15) is 0 Å². The summed E-state index contributed by atoms with van der Waals surface area (Å²) in [5.41, 5.74) is 1.93. The summed E-state index contributed by atoms with van der Waals surface area (Å²) in [5.74, 6) is 0.775. The van der Waals surface area contributed by atoms with Gasteiger partial charge in [-0.15, -0.1) is 0 Å². The molecule has 0 unspecified atom stereocenters. The first kappa shape index (κ1) is 10.9. The number of nitrogens with one attached hydrogen (secondary N) is 2. The SMILES string of the molecule is CCc1c(Cl)ncnc1NCc1cnc[nH]1. The molecule has 0 spiro atoms. The van der Waals surface area contributed by atoms with Crippen molar-refractivity contribution in [3.05, 3.63) is 35.3 Å². The second-order valence-electron chi connectivity index (χ2n) is 3.28. The van der Waals surface area contributed by atoms with E-state index in [4.69, 9.17) is 11.6 Å². The van der Waals surface area contributed by atoms with Gasteiger partial charge in [-0.25, -0.2) is 15.0 Å². The third kappa shape index (κ3) is 2.30. The number of aromatic amines is 1. The third-order valence-corrected chi connectivity index (χ3v) is 2.57. The minimum atomic E-state index is 0.504. The van der Waals surface area contributed by atoms with Crippen molar-refractivity contribution in [1.82, 2.24) is 19.9 Å². The fraction of sp³-hybridized carbons (Fsp3) is 0.300. The maximum atomic E-state index is 5.98. The molecule has 0 fully saturated rings. The maximum Gasteiger partial charge on any atom is 0.137 e. The van der Waals surface area contributed by atoms with Crippen LogP contribution in [0.1, 0.15) is 18.2 Å². The van der Waals surface area contributed by atoms with E-state index < -0.39 is 0 Å². The highest BCUT2D eigenvalue weighted by Gasteiger charge is 2.07. The van der Waals surface area contributed by atoms with E-state index in [9.17, 15) is 0 Å². The van der Waals surface area contributed by atoms with Crippen molar-refractivity contribution >= 4 is 17.4 Å². The van der Waals surface area contributed by atoms with Crippen LogP contribution < -0.4 is 5.32 Å². The fourth-order valence-corrected chi connectivity index (χ4v) is 1.68. The van der Waals surface area contributed by atoms with Crippen LogP contribution >= 0.6 is 11.6 Å². The molecule has 6 heteroatoms. The summed E-state index contributed by atoms with van der Waals surface area (Å²) >= 11 is 5.98. The first-order valence-electron chi connectivity index (χ1n) is 5.01. The van der Waals surface area contributed by atoms with Crippen LogP contribution in [0, 0.1) is 0 Å². The van der Waals surface area contributed by atoms with Crippen LogP contribution in [0.4, 0.5) is 5.82 Å². The van der Waals surface area contributed by atoms with Crippen molar-refractivity contribution in [3.63, 3.8) is 0 Å². The molecular weight excluding hydrogens is 226 g/mol. The summed E-state index contributed by atoms with van der Waals surface area (Å²) in [5, 5.41) is 3.70.